The zero-order valence-corrected chi connectivity index (χ0v) is 11.9. The zero-order chi connectivity index (χ0) is 12.5. The molecule has 0 N–H and O–H groups in total. The molecule has 2 nitrogen and oxygen atoms in total. The molecule has 3 heteroatoms. The van der Waals surface area contributed by atoms with Crippen LogP contribution in [0.15, 0.2) is 6.07 Å². The highest BCUT2D eigenvalue weighted by atomic mass is 32.1. The van der Waals surface area contributed by atoms with E-state index >= 15 is 0 Å². The van der Waals surface area contributed by atoms with Gasteiger partial charge in [0.2, 0.25) is 0 Å². The van der Waals surface area contributed by atoms with Crippen LogP contribution in [0.4, 0.5) is 0 Å². The maximum atomic E-state index is 5.41. The van der Waals surface area contributed by atoms with Gasteiger partial charge in [-0.25, -0.2) is 0 Å². The van der Waals surface area contributed by atoms with Gasteiger partial charge in [-0.1, -0.05) is 0 Å². The standard InChI is InChI=1S/C13H21NOS/c1-8-7-11(13(16)14(4)5)9(2)10(3)12(8)15-6/h7,13,16H,1-6H3. The molecule has 1 aromatic rings. The van der Waals surface area contributed by atoms with Gasteiger partial charge < -0.3 is 4.74 Å². The molecule has 1 rings (SSSR count). The molecular formula is C13H21NOS. The van der Waals surface area contributed by atoms with Gasteiger partial charge in [-0.05, 0) is 63.2 Å². The summed E-state index contributed by atoms with van der Waals surface area (Å²) in [5, 5.41) is 0.128. The van der Waals surface area contributed by atoms with Crippen molar-refractivity contribution in [2.75, 3.05) is 21.2 Å². The van der Waals surface area contributed by atoms with Gasteiger partial charge in [0.15, 0.2) is 0 Å². The van der Waals surface area contributed by atoms with Gasteiger partial charge in [0, 0.05) is 0 Å². The van der Waals surface area contributed by atoms with Crippen molar-refractivity contribution >= 4 is 12.6 Å². The van der Waals surface area contributed by atoms with Crippen LogP contribution in [0.5, 0.6) is 5.75 Å². The minimum Gasteiger partial charge on any atom is -0.496 e. The first-order valence-corrected chi connectivity index (χ1v) is 5.91. The molecule has 0 aromatic heterocycles. The van der Waals surface area contributed by atoms with Gasteiger partial charge in [-0.3, -0.25) is 4.90 Å². The molecule has 0 saturated carbocycles. The molecular weight excluding hydrogens is 218 g/mol. The third-order valence-electron chi connectivity index (χ3n) is 3.04. The van der Waals surface area contributed by atoms with E-state index in [0.717, 1.165) is 5.75 Å². The Morgan fingerprint density at radius 2 is 1.75 bits per heavy atom. The number of thiol groups is 1. The van der Waals surface area contributed by atoms with Crippen LogP contribution >= 0.6 is 12.6 Å². The zero-order valence-electron chi connectivity index (χ0n) is 11.0. The molecule has 0 heterocycles. The lowest BCUT2D eigenvalue weighted by molar-refractivity contribution is 0.389. The van der Waals surface area contributed by atoms with Crippen LogP contribution < -0.4 is 4.74 Å². The van der Waals surface area contributed by atoms with Crippen LogP contribution in [0, 0.1) is 20.8 Å². The van der Waals surface area contributed by atoms with Gasteiger partial charge in [0.05, 0.1) is 12.5 Å². The van der Waals surface area contributed by atoms with Crippen LogP contribution in [0.1, 0.15) is 27.6 Å². The number of hydrogen-bond acceptors (Lipinski definition) is 3. The second kappa shape index (κ2) is 5.11. The highest BCUT2D eigenvalue weighted by Gasteiger charge is 2.16. The van der Waals surface area contributed by atoms with Crippen LogP contribution in [0.25, 0.3) is 0 Å². The topological polar surface area (TPSA) is 12.5 Å². The molecule has 0 saturated heterocycles. The molecule has 0 amide bonds. The summed E-state index contributed by atoms with van der Waals surface area (Å²) >= 11 is 4.63. The van der Waals surface area contributed by atoms with Gasteiger partial charge >= 0.3 is 0 Å². The number of rotatable bonds is 3. The number of hydrogen-bond donors (Lipinski definition) is 1. The first kappa shape index (κ1) is 13.4. The van der Waals surface area contributed by atoms with Crippen molar-refractivity contribution in [3.05, 3.63) is 28.3 Å². The van der Waals surface area contributed by atoms with Gasteiger partial charge in [0.25, 0.3) is 0 Å². The second-order valence-corrected chi connectivity index (χ2v) is 4.89. The van der Waals surface area contributed by atoms with Crippen LogP contribution in [0.3, 0.4) is 0 Å². The molecule has 0 radical (unpaired) electrons. The van der Waals surface area contributed by atoms with Crippen molar-refractivity contribution in [3.8, 4) is 5.75 Å². The summed E-state index contributed by atoms with van der Waals surface area (Å²) in [5.74, 6) is 0.987. The summed E-state index contributed by atoms with van der Waals surface area (Å²) in [5.41, 5.74) is 4.89. The summed E-state index contributed by atoms with van der Waals surface area (Å²) < 4.78 is 5.41. The quantitative estimate of drug-likeness (QED) is 0.643. The van der Waals surface area contributed by atoms with Crippen molar-refractivity contribution in [2.24, 2.45) is 0 Å². The Balaban J connectivity index is 3.34. The van der Waals surface area contributed by atoms with Crippen molar-refractivity contribution in [2.45, 2.75) is 26.1 Å². The first-order valence-electron chi connectivity index (χ1n) is 5.39. The van der Waals surface area contributed by atoms with Crippen molar-refractivity contribution < 1.29 is 4.74 Å². The van der Waals surface area contributed by atoms with Crippen LogP contribution in [-0.2, 0) is 0 Å². The number of nitrogens with zero attached hydrogens (tertiary/aromatic N) is 1. The fraction of sp³-hybridized carbons (Fsp3) is 0.538. The normalized spacial score (nSPS) is 13.0. The van der Waals surface area contributed by atoms with Gasteiger partial charge in [-0.2, -0.15) is 12.6 Å². The molecule has 1 aromatic carbocycles. The molecule has 16 heavy (non-hydrogen) atoms. The Labute approximate surface area is 104 Å². The lowest BCUT2D eigenvalue weighted by Gasteiger charge is -2.24. The minimum atomic E-state index is 0.128. The predicted octanol–water partition coefficient (Wildman–Crippen LogP) is 3.11. The average Bonchev–Trinajstić information content (AvgIpc) is 2.23. The van der Waals surface area contributed by atoms with E-state index in [1.54, 1.807) is 7.11 Å². The third-order valence-corrected chi connectivity index (χ3v) is 3.78. The second-order valence-electron chi connectivity index (χ2n) is 4.40. The maximum absolute atomic E-state index is 5.41. The van der Waals surface area contributed by atoms with Gasteiger partial charge in [-0.15, -0.1) is 0 Å². The largest absolute Gasteiger partial charge is 0.496 e. The number of methoxy groups -OCH3 is 1. The van der Waals surface area contributed by atoms with E-state index in [1.165, 1.54) is 22.3 Å². The summed E-state index contributed by atoms with van der Waals surface area (Å²) in [7, 11) is 5.79. The summed E-state index contributed by atoms with van der Waals surface area (Å²) in [6.07, 6.45) is 0. The Bertz CT molecular complexity index is 388. The molecule has 1 atom stereocenters. The Kier molecular flexibility index (Phi) is 4.28. The lowest BCUT2D eigenvalue weighted by Crippen LogP contribution is -2.16. The fourth-order valence-electron chi connectivity index (χ4n) is 1.95. The molecule has 0 fully saturated rings. The monoisotopic (exact) mass is 239 g/mol. The minimum absolute atomic E-state index is 0.128. The number of ether oxygens (including phenoxy) is 1. The van der Waals surface area contributed by atoms with Crippen molar-refractivity contribution in [1.29, 1.82) is 0 Å². The first-order chi connectivity index (χ1) is 7.40. The van der Waals surface area contributed by atoms with E-state index in [-0.39, 0.29) is 5.37 Å². The summed E-state index contributed by atoms with van der Waals surface area (Å²) in [4.78, 5) is 2.09. The van der Waals surface area contributed by atoms with E-state index in [2.05, 4.69) is 44.4 Å². The molecule has 90 valence electrons. The SMILES string of the molecule is COc1c(C)cc(C(S)N(C)C)c(C)c1C. The predicted molar refractivity (Wildman–Crippen MR) is 72.6 cm³/mol. The van der Waals surface area contributed by atoms with E-state index in [1.807, 2.05) is 14.1 Å². The van der Waals surface area contributed by atoms with E-state index in [9.17, 15) is 0 Å². The molecule has 0 bridgehead atoms. The summed E-state index contributed by atoms with van der Waals surface area (Å²) in [6.45, 7) is 6.30. The summed E-state index contributed by atoms with van der Waals surface area (Å²) in [6, 6.07) is 2.17. The Morgan fingerprint density at radius 3 is 2.19 bits per heavy atom. The van der Waals surface area contributed by atoms with Crippen molar-refractivity contribution in [1.82, 2.24) is 4.90 Å². The van der Waals surface area contributed by atoms with Crippen molar-refractivity contribution in [3.63, 3.8) is 0 Å². The lowest BCUT2D eigenvalue weighted by atomic mass is 9.98. The molecule has 0 aliphatic heterocycles. The molecule has 0 aliphatic rings. The molecule has 1 unspecified atom stereocenters. The smallest absolute Gasteiger partial charge is 0.124 e. The van der Waals surface area contributed by atoms with E-state index in [0.29, 0.717) is 0 Å². The highest BCUT2D eigenvalue weighted by Crippen LogP contribution is 2.34. The van der Waals surface area contributed by atoms with Crippen LogP contribution in [0.2, 0.25) is 0 Å². The Morgan fingerprint density at radius 1 is 1.19 bits per heavy atom. The highest BCUT2D eigenvalue weighted by molar-refractivity contribution is 7.80. The van der Waals surface area contributed by atoms with E-state index in [4.69, 9.17) is 4.74 Å². The average molecular weight is 239 g/mol. The maximum Gasteiger partial charge on any atom is 0.124 e. The number of benzene rings is 1. The third kappa shape index (κ3) is 2.36. The fourth-order valence-corrected chi connectivity index (χ4v) is 2.22. The Hall–Kier alpha value is -0.670. The number of aryl methyl sites for hydroxylation is 1. The molecule has 0 spiro atoms. The van der Waals surface area contributed by atoms with Crippen LogP contribution in [-0.4, -0.2) is 26.1 Å². The molecule has 0 aliphatic carbocycles. The van der Waals surface area contributed by atoms with E-state index < -0.39 is 0 Å². The van der Waals surface area contributed by atoms with Gasteiger partial charge in [0.1, 0.15) is 5.75 Å².